The van der Waals surface area contributed by atoms with Crippen molar-refractivity contribution in [3.8, 4) is 5.75 Å². The summed E-state index contributed by atoms with van der Waals surface area (Å²) < 4.78 is 30.7. The quantitative estimate of drug-likeness (QED) is 0.285. The third kappa shape index (κ3) is 6.63. The van der Waals surface area contributed by atoms with E-state index in [4.69, 9.17) is 9.94 Å². The van der Waals surface area contributed by atoms with Gasteiger partial charge in [0.1, 0.15) is 18.4 Å². The minimum Gasteiger partial charge on any atom is -0.489 e. The molecule has 3 aromatic carbocycles. The lowest BCUT2D eigenvalue weighted by Gasteiger charge is -2.37. The molecule has 3 aromatic rings. The van der Waals surface area contributed by atoms with E-state index in [0.29, 0.717) is 31.0 Å². The lowest BCUT2D eigenvalue weighted by Crippen LogP contribution is -2.58. The summed E-state index contributed by atoms with van der Waals surface area (Å²) in [5.74, 6) is -0.442. The van der Waals surface area contributed by atoms with Gasteiger partial charge in [-0.15, -0.1) is 0 Å². The summed E-state index contributed by atoms with van der Waals surface area (Å²) in [5, 5.41) is 14.2. The Labute approximate surface area is 215 Å². The molecule has 10 nitrogen and oxygen atoms in total. The second kappa shape index (κ2) is 11.7. The van der Waals surface area contributed by atoms with Crippen LogP contribution in [0.1, 0.15) is 15.9 Å². The highest BCUT2D eigenvalue weighted by atomic mass is 32.2. The summed E-state index contributed by atoms with van der Waals surface area (Å²) >= 11 is 0. The van der Waals surface area contributed by atoms with E-state index in [1.165, 1.54) is 4.31 Å². The average Bonchev–Trinajstić information content (AvgIpc) is 2.91. The Morgan fingerprint density at radius 2 is 1.65 bits per heavy atom. The van der Waals surface area contributed by atoms with Gasteiger partial charge in [-0.25, -0.2) is 13.9 Å². The summed E-state index contributed by atoms with van der Waals surface area (Å²) in [7, 11) is -3.32. The van der Waals surface area contributed by atoms with Gasteiger partial charge in [-0.3, -0.25) is 19.7 Å². The molecule has 0 spiro atoms. The van der Waals surface area contributed by atoms with Crippen molar-refractivity contribution in [2.75, 3.05) is 39.0 Å². The molecule has 1 fully saturated rings. The number of nitrogens with zero attached hydrogens (tertiary/aromatic N) is 2. The highest BCUT2D eigenvalue weighted by molar-refractivity contribution is 7.88. The number of ether oxygens (including phenoxy) is 1. The van der Waals surface area contributed by atoms with E-state index in [1.807, 2.05) is 24.3 Å². The molecule has 0 unspecified atom stereocenters. The van der Waals surface area contributed by atoms with E-state index < -0.39 is 22.0 Å². The van der Waals surface area contributed by atoms with Crippen molar-refractivity contribution in [1.82, 2.24) is 20.0 Å². The van der Waals surface area contributed by atoms with E-state index in [0.717, 1.165) is 22.6 Å². The van der Waals surface area contributed by atoms with Crippen LogP contribution >= 0.6 is 0 Å². The van der Waals surface area contributed by atoms with Crippen LogP contribution in [0, 0.1) is 0 Å². The van der Waals surface area contributed by atoms with Gasteiger partial charge in [0.25, 0.3) is 11.8 Å². The molecule has 2 amide bonds. The fourth-order valence-corrected chi connectivity index (χ4v) is 5.21. The fourth-order valence-electron chi connectivity index (χ4n) is 4.38. The predicted molar refractivity (Wildman–Crippen MR) is 139 cm³/mol. The first-order valence-corrected chi connectivity index (χ1v) is 13.7. The Kier molecular flexibility index (Phi) is 8.39. The number of benzene rings is 3. The molecular weight excluding hydrogens is 496 g/mol. The molecule has 1 saturated heterocycles. The maximum absolute atomic E-state index is 12.7. The first-order chi connectivity index (χ1) is 17.8. The molecule has 1 atom stereocenters. The highest BCUT2D eigenvalue weighted by Gasteiger charge is 2.31. The van der Waals surface area contributed by atoms with Crippen molar-refractivity contribution >= 4 is 32.6 Å². The van der Waals surface area contributed by atoms with E-state index in [-0.39, 0.29) is 25.5 Å². The molecule has 0 aliphatic carbocycles. The van der Waals surface area contributed by atoms with Crippen LogP contribution in [0.2, 0.25) is 0 Å². The molecule has 0 aromatic heterocycles. The molecule has 1 aliphatic heterocycles. The third-order valence-electron chi connectivity index (χ3n) is 6.44. The van der Waals surface area contributed by atoms with E-state index in [1.54, 1.807) is 34.6 Å². The topological polar surface area (TPSA) is 128 Å². The molecule has 0 bridgehead atoms. The van der Waals surface area contributed by atoms with Crippen molar-refractivity contribution in [2.45, 2.75) is 12.6 Å². The summed E-state index contributed by atoms with van der Waals surface area (Å²) in [4.78, 5) is 26.7. The molecular formula is C26H30N4O6S. The van der Waals surface area contributed by atoms with Crippen molar-refractivity contribution in [1.29, 1.82) is 0 Å². The van der Waals surface area contributed by atoms with Gasteiger partial charge in [0.05, 0.1) is 6.26 Å². The number of nitrogens with one attached hydrogen (secondary N) is 2. The fraction of sp³-hybridized carbons (Fsp3) is 0.308. The van der Waals surface area contributed by atoms with Gasteiger partial charge in [0, 0.05) is 38.3 Å². The van der Waals surface area contributed by atoms with Gasteiger partial charge in [0.15, 0.2) is 0 Å². The van der Waals surface area contributed by atoms with Gasteiger partial charge in [-0.1, -0.05) is 42.5 Å². The molecule has 0 radical (unpaired) electrons. The molecule has 11 heteroatoms. The van der Waals surface area contributed by atoms with Crippen LogP contribution in [0.15, 0.2) is 66.7 Å². The Hall–Kier alpha value is -3.51. The number of sulfonamides is 1. The molecule has 3 N–H and O–H groups in total. The minimum atomic E-state index is -3.32. The monoisotopic (exact) mass is 526 g/mol. The summed E-state index contributed by atoms with van der Waals surface area (Å²) in [6.45, 7) is 1.37. The number of carbonyl (C=O) groups excluding carboxylic acids is 2. The molecule has 4 rings (SSSR count). The summed E-state index contributed by atoms with van der Waals surface area (Å²) in [6.07, 6.45) is 1.14. The van der Waals surface area contributed by atoms with Gasteiger partial charge in [-0.05, 0) is 40.6 Å². The van der Waals surface area contributed by atoms with E-state index in [2.05, 4.69) is 23.5 Å². The van der Waals surface area contributed by atoms with Crippen LogP contribution < -0.4 is 15.5 Å². The number of hydroxylamine groups is 1. The van der Waals surface area contributed by atoms with Crippen molar-refractivity contribution in [3.63, 3.8) is 0 Å². The predicted octanol–water partition coefficient (Wildman–Crippen LogP) is 1.60. The van der Waals surface area contributed by atoms with Crippen LogP contribution in [-0.2, 0) is 21.4 Å². The van der Waals surface area contributed by atoms with Crippen molar-refractivity contribution < 1.29 is 28.0 Å². The molecule has 0 saturated carbocycles. The van der Waals surface area contributed by atoms with Crippen molar-refractivity contribution in [2.24, 2.45) is 0 Å². The second-order valence-electron chi connectivity index (χ2n) is 8.85. The first kappa shape index (κ1) is 26.6. The first-order valence-electron chi connectivity index (χ1n) is 11.9. The summed E-state index contributed by atoms with van der Waals surface area (Å²) in [5.41, 5.74) is 3.08. The maximum atomic E-state index is 12.7. The lowest BCUT2D eigenvalue weighted by atomic mass is 10.1. The van der Waals surface area contributed by atoms with Crippen LogP contribution in [0.4, 0.5) is 0 Å². The van der Waals surface area contributed by atoms with Crippen LogP contribution in [0.25, 0.3) is 10.8 Å². The SMILES string of the molecule is CS(=O)(=O)N1CCN([C@@H](CNC(=O)c2ccc(OCc3cccc4ccccc34)cc2)C(=O)NO)CC1. The largest absolute Gasteiger partial charge is 0.489 e. The third-order valence-corrected chi connectivity index (χ3v) is 7.75. The zero-order valence-electron chi connectivity index (χ0n) is 20.5. The normalized spacial score (nSPS) is 15.7. The Balaban J connectivity index is 1.33. The number of hydrogen-bond acceptors (Lipinski definition) is 7. The van der Waals surface area contributed by atoms with Gasteiger partial charge < -0.3 is 10.1 Å². The van der Waals surface area contributed by atoms with Crippen LogP contribution in [0.5, 0.6) is 5.75 Å². The molecule has 196 valence electrons. The maximum Gasteiger partial charge on any atom is 0.262 e. The van der Waals surface area contributed by atoms with Crippen LogP contribution in [0.3, 0.4) is 0 Å². The van der Waals surface area contributed by atoms with E-state index in [9.17, 15) is 18.0 Å². The number of amides is 2. The number of piperazine rings is 1. The van der Waals surface area contributed by atoms with Crippen molar-refractivity contribution in [3.05, 3.63) is 77.9 Å². The Bertz CT molecular complexity index is 1350. The second-order valence-corrected chi connectivity index (χ2v) is 10.8. The Morgan fingerprint density at radius 3 is 2.32 bits per heavy atom. The average molecular weight is 527 g/mol. The number of rotatable bonds is 9. The van der Waals surface area contributed by atoms with E-state index >= 15 is 0 Å². The zero-order chi connectivity index (χ0) is 26.4. The van der Waals surface area contributed by atoms with Crippen LogP contribution in [-0.4, -0.2) is 79.7 Å². The zero-order valence-corrected chi connectivity index (χ0v) is 21.3. The number of fused-ring (bicyclic) bond motifs is 1. The summed E-state index contributed by atoms with van der Waals surface area (Å²) in [6, 6.07) is 20.0. The number of hydrogen-bond donors (Lipinski definition) is 3. The van der Waals surface area contributed by atoms with Gasteiger partial charge >= 0.3 is 0 Å². The van der Waals surface area contributed by atoms with Gasteiger partial charge in [0.2, 0.25) is 10.0 Å². The highest BCUT2D eigenvalue weighted by Crippen LogP contribution is 2.21. The van der Waals surface area contributed by atoms with Gasteiger partial charge in [-0.2, -0.15) is 4.31 Å². The standard InChI is InChI=1S/C26H30N4O6S/c1-37(34,35)30-15-13-29(14-16-30)24(26(32)28-33)17-27-25(31)20-9-11-22(12-10-20)36-18-21-7-4-6-19-5-2-3-8-23(19)21/h2-12,24,33H,13-18H2,1H3,(H,27,31)(H,28,32)/t24-/m0/s1. The molecule has 1 heterocycles. The Morgan fingerprint density at radius 1 is 0.973 bits per heavy atom. The smallest absolute Gasteiger partial charge is 0.262 e. The lowest BCUT2D eigenvalue weighted by molar-refractivity contribution is -0.135. The number of carbonyl (C=O) groups is 2. The molecule has 37 heavy (non-hydrogen) atoms. The minimum absolute atomic E-state index is 0.0521. The molecule has 1 aliphatic rings.